The van der Waals surface area contributed by atoms with Crippen molar-refractivity contribution in [2.45, 2.75) is 20.8 Å². The maximum absolute atomic E-state index is 12.3. The molecule has 0 bridgehead atoms. The Labute approximate surface area is 136 Å². The van der Waals surface area contributed by atoms with Crippen LogP contribution in [0.5, 0.6) is 0 Å². The summed E-state index contributed by atoms with van der Waals surface area (Å²) < 4.78 is 0. The van der Waals surface area contributed by atoms with Crippen molar-refractivity contribution in [3.63, 3.8) is 0 Å². The van der Waals surface area contributed by atoms with E-state index in [2.05, 4.69) is 10.3 Å². The van der Waals surface area contributed by atoms with E-state index in [9.17, 15) is 4.79 Å². The van der Waals surface area contributed by atoms with E-state index in [1.165, 1.54) is 0 Å². The van der Waals surface area contributed by atoms with Gasteiger partial charge in [-0.2, -0.15) is 0 Å². The van der Waals surface area contributed by atoms with Crippen LogP contribution in [0.15, 0.2) is 36.5 Å². The van der Waals surface area contributed by atoms with Crippen molar-refractivity contribution in [3.8, 4) is 0 Å². The molecule has 2 aromatic rings. The molecule has 1 N–H and O–H groups in total. The number of aryl methyl sites for hydroxylation is 1. The summed E-state index contributed by atoms with van der Waals surface area (Å²) in [6.07, 6.45) is 1.64. The van der Waals surface area contributed by atoms with Crippen molar-refractivity contribution >= 4 is 28.9 Å². The third-order valence-electron chi connectivity index (χ3n) is 3.51. The zero-order valence-corrected chi connectivity index (χ0v) is 13.8. The van der Waals surface area contributed by atoms with Crippen LogP contribution in [0.4, 0.5) is 11.4 Å². The number of anilines is 2. The molecular weight excluding hydrogens is 298 g/mol. The molecule has 0 atom stereocenters. The summed E-state index contributed by atoms with van der Waals surface area (Å²) >= 11 is 6.03. The predicted octanol–water partition coefficient (Wildman–Crippen LogP) is 4.27. The Balaban J connectivity index is 2.25. The molecule has 0 aliphatic rings. The molecule has 116 valence electrons. The first-order valence-corrected chi connectivity index (χ1v) is 7.71. The van der Waals surface area contributed by atoms with Gasteiger partial charge >= 0.3 is 0 Å². The quantitative estimate of drug-likeness (QED) is 0.895. The third-order valence-corrected chi connectivity index (χ3v) is 3.74. The van der Waals surface area contributed by atoms with E-state index in [1.807, 2.05) is 45.0 Å². The highest BCUT2D eigenvalue weighted by atomic mass is 35.5. The Hall–Kier alpha value is -2.07. The fourth-order valence-corrected chi connectivity index (χ4v) is 2.35. The van der Waals surface area contributed by atoms with E-state index in [0.29, 0.717) is 23.8 Å². The number of aromatic nitrogens is 1. The van der Waals surface area contributed by atoms with Crippen LogP contribution < -0.4 is 5.32 Å². The molecular formula is C17H20ClN3O. The monoisotopic (exact) mass is 317 g/mol. The van der Waals surface area contributed by atoms with E-state index in [4.69, 9.17) is 11.6 Å². The lowest BCUT2D eigenvalue weighted by atomic mass is 10.2. The summed E-state index contributed by atoms with van der Waals surface area (Å²) in [5.41, 5.74) is 3.25. The Morgan fingerprint density at radius 1 is 1.23 bits per heavy atom. The lowest BCUT2D eigenvalue weighted by Crippen LogP contribution is -2.31. The number of nitrogens with one attached hydrogen (secondary N) is 1. The highest BCUT2D eigenvalue weighted by Crippen LogP contribution is 2.24. The van der Waals surface area contributed by atoms with Gasteiger partial charge in [0.2, 0.25) is 0 Å². The lowest BCUT2D eigenvalue weighted by molar-refractivity contribution is 0.0767. The number of rotatable bonds is 5. The number of amides is 1. The largest absolute Gasteiger partial charge is 0.355 e. The molecule has 0 saturated heterocycles. The number of hydrogen-bond acceptors (Lipinski definition) is 3. The first-order valence-electron chi connectivity index (χ1n) is 7.33. The molecule has 0 saturated carbocycles. The van der Waals surface area contributed by atoms with E-state index in [1.54, 1.807) is 17.2 Å². The van der Waals surface area contributed by atoms with Gasteiger partial charge in [0.15, 0.2) is 0 Å². The van der Waals surface area contributed by atoms with Crippen molar-refractivity contribution < 1.29 is 4.79 Å². The standard InChI is InChI=1S/C17H20ClN3O/c1-4-21(5-2)17(22)16-11-14(8-9-19-16)20-15-10-13(18)7-6-12(15)3/h6-11H,4-5H2,1-3H3,(H,19,20). The van der Waals surface area contributed by atoms with Crippen LogP contribution in [0.1, 0.15) is 29.9 Å². The number of halogens is 1. The lowest BCUT2D eigenvalue weighted by Gasteiger charge is -2.18. The van der Waals surface area contributed by atoms with Gasteiger partial charge in [0.05, 0.1) is 0 Å². The molecule has 22 heavy (non-hydrogen) atoms. The summed E-state index contributed by atoms with van der Waals surface area (Å²) in [6, 6.07) is 9.27. The zero-order chi connectivity index (χ0) is 16.1. The third kappa shape index (κ3) is 3.77. The SMILES string of the molecule is CCN(CC)C(=O)c1cc(Nc2cc(Cl)ccc2C)ccn1. The van der Waals surface area contributed by atoms with Gasteiger partial charge in [0.25, 0.3) is 5.91 Å². The van der Waals surface area contributed by atoms with Gasteiger partial charge in [0.1, 0.15) is 5.69 Å². The van der Waals surface area contributed by atoms with Gasteiger partial charge in [-0.15, -0.1) is 0 Å². The van der Waals surface area contributed by atoms with Crippen molar-refractivity contribution in [1.82, 2.24) is 9.88 Å². The molecule has 1 heterocycles. The topological polar surface area (TPSA) is 45.2 Å². The van der Waals surface area contributed by atoms with Crippen LogP contribution >= 0.6 is 11.6 Å². The second-order valence-corrected chi connectivity index (χ2v) is 5.43. The van der Waals surface area contributed by atoms with Gasteiger partial charge in [0, 0.05) is 35.7 Å². The van der Waals surface area contributed by atoms with E-state index < -0.39 is 0 Å². The van der Waals surface area contributed by atoms with Crippen LogP contribution in [0.25, 0.3) is 0 Å². The number of carbonyl (C=O) groups excluding carboxylic acids is 1. The van der Waals surface area contributed by atoms with Gasteiger partial charge in [-0.1, -0.05) is 17.7 Å². The van der Waals surface area contributed by atoms with Crippen LogP contribution in [-0.2, 0) is 0 Å². The Morgan fingerprint density at radius 3 is 2.64 bits per heavy atom. The predicted molar refractivity (Wildman–Crippen MR) is 91.0 cm³/mol. The van der Waals surface area contributed by atoms with Crippen LogP contribution in [-0.4, -0.2) is 28.9 Å². The highest BCUT2D eigenvalue weighted by Gasteiger charge is 2.14. The summed E-state index contributed by atoms with van der Waals surface area (Å²) in [5.74, 6) is -0.0588. The molecule has 5 heteroatoms. The number of hydrogen-bond donors (Lipinski definition) is 1. The van der Waals surface area contributed by atoms with Gasteiger partial charge in [-0.05, 0) is 50.6 Å². The summed E-state index contributed by atoms with van der Waals surface area (Å²) in [7, 11) is 0. The molecule has 0 aliphatic heterocycles. The van der Waals surface area contributed by atoms with Gasteiger partial charge in [-0.3, -0.25) is 9.78 Å². The zero-order valence-electron chi connectivity index (χ0n) is 13.1. The van der Waals surface area contributed by atoms with E-state index in [0.717, 1.165) is 16.9 Å². The maximum Gasteiger partial charge on any atom is 0.272 e. The van der Waals surface area contributed by atoms with Crippen molar-refractivity contribution in [1.29, 1.82) is 0 Å². The first-order chi connectivity index (χ1) is 10.5. The van der Waals surface area contributed by atoms with Gasteiger partial charge in [-0.25, -0.2) is 0 Å². The first kappa shape index (κ1) is 16.3. The average molecular weight is 318 g/mol. The van der Waals surface area contributed by atoms with Crippen LogP contribution in [0.2, 0.25) is 5.02 Å². The average Bonchev–Trinajstić information content (AvgIpc) is 2.52. The summed E-state index contributed by atoms with van der Waals surface area (Å²) in [6.45, 7) is 7.25. The minimum absolute atomic E-state index is 0.0588. The molecule has 0 radical (unpaired) electrons. The fourth-order valence-electron chi connectivity index (χ4n) is 2.18. The molecule has 2 rings (SSSR count). The molecule has 0 unspecified atom stereocenters. The fraction of sp³-hybridized carbons (Fsp3) is 0.294. The van der Waals surface area contributed by atoms with Crippen LogP contribution in [0.3, 0.4) is 0 Å². The maximum atomic E-state index is 12.3. The minimum atomic E-state index is -0.0588. The van der Waals surface area contributed by atoms with Gasteiger partial charge < -0.3 is 10.2 Å². The molecule has 1 aromatic carbocycles. The molecule has 0 fully saturated rings. The van der Waals surface area contributed by atoms with E-state index in [-0.39, 0.29) is 5.91 Å². The normalized spacial score (nSPS) is 10.4. The number of benzene rings is 1. The second kappa shape index (κ2) is 7.27. The molecule has 1 amide bonds. The Morgan fingerprint density at radius 2 is 1.95 bits per heavy atom. The second-order valence-electron chi connectivity index (χ2n) is 4.99. The summed E-state index contributed by atoms with van der Waals surface area (Å²) in [5, 5.41) is 3.96. The van der Waals surface area contributed by atoms with E-state index >= 15 is 0 Å². The number of carbonyl (C=O) groups is 1. The highest BCUT2D eigenvalue weighted by molar-refractivity contribution is 6.30. The van der Waals surface area contributed by atoms with Crippen molar-refractivity contribution in [2.24, 2.45) is 0 Å². The van der Waals surface area contributed by atoms with Crippen molar-refractivity contribution in [3.05, 3.63) is 52.8 Å². The Kier molecular flexibility index (Phi) is 5.39. The molecule has 1 aromatic heterocycles. The van der Waals surface area contributed by atoms with Crippen molar-refractivity contribution in [2.75, 3.05) is 18.4 Å². The molecule has 0 spiro atoms. The summed E-state index contributed by atoms with van der Waals surface area (Å²) in [4.78, 5) is 18.3. The smallest absolute Gasteiger partial charge is 0.272 e. The molecule has 4 nitrogen and oxygen atoms in total. The number of nitrogens with zero attached hydrogens (tertiary/aromatic N) is 2. The molecule has 0 aliphatic carbocycles. The Bertz CT molecular complexity index is 669. The minimum Gasteiger partial charge on any atom is -0.355 e. The van der Waals surface area contributed by atoms with Crippen LogP contribution in [0, 0.1) is 6.92 Å². The number of pyridine rings is 1.